The van der Waals surface area contributed by atoms with Crippen molar-refractivity contribution in [3.05, 3.63) is 59.3 Å². The lowest BCUT2D eigenvalue weighted by Gasteiger charge is -2.21. The Morgan fingerprint density at radius 1 is 1.12 bits per heavy atom. The van der Waals surface area contributed by atoms with Crippen LogP contribution in [0.5, 0.6) is 0 Å². The molecular weight excluding hydrogens is 466 g/mol. The molecule has 2 N–H and O–H groups in total. The smallest absolute Gasteiger partial charge is 0.243 e. The van der Waals surface area contributed by atoms with E-state index >= 15 is 0 Å². The Morgan fingerprint density at radius 3 is 2.50 bits per heavy atom. The van der Waals surface area contributed by atoms with Crippen molar-refractivity contribution in [2.45, 2.75) is 45.4 Å². The average molecular weight is 500 g/mol. The first kappa shape index (κ1) is 25.9. The number of thiocarbonyl (C=S) groups is 1. The van der Waals surface area contributed by atoms with Gasteiger partial charge in [-0.05, 0) is 74.3 Å². The summed E-state index contributed by atoms with van der Waals surface area (Å²) in [6.45, 7) is 9.02. The Balaban J connectivity index is 1.83. The molecule has 0 unspecified atom stereocenters. The monoisotopic (exact) mass is 499 g/mol. The van der Waals surface area contributed by atoms with Crippen LogP contribution in [0.2, 0.25) is 0 Å². The summed E-state index contributed by atoms with van der Waals surface area (Å²) >= 11 is 5.38. The SMILES string of the molecule is CCCN(CCC)S(=O)(=O)c1ccc2c(c1)c(C=NNC(=S)Nc1cc(C)ccc1C)cn2C. The third-order valence-electron chi connectivity index (χ3n) is 5.59. The molecule has 7 nitrogen and oxygen atoms in total. The van der Waals surface area contributed by atoms with Crippen LogP contribution >= 0.6 is 12.2 Å². The number of rotatable bonds is 9. The third-order valence-corrected chi connectivity index (χ3v) is 7.67. The molecule has 0 atom stereocenters. The lowest BCUT2D eigenvalue weighted by atomic mass is 10.1. The van der Waals surface area contributed by atoms with Crippen molar-refractivity contribution in [1.82, 2.24) is 14.3 Å². The van der Waals surface area contributed by atoms with E-state index in [9.17, 15) is 8.42 Å². The van der Waals surface area contributed by atoms with Crippen molar-refractivity contribution in [1.29, 1.82) is 0 Å². The van der Waals surface area contributed by atoms with Gasteiger partial charge in [0.15, 0.2) is 5.11 Å². The number of sulfonamides is 1. The molecule has 0 aliphatic carbocycles. The highest BCUT2D eigenvalue weighted by Gasteiger charge is 2.24. The predicted octanol–water partition coefficient (Wildman–Crippen LogP) is 4.93. The minimum atomic E-state index is -3.57. The largest absolute Gasteiger partial charge is 0.350 e. The van der Waals surface area contributed by atoms with Crippen LogP contribution in [0.1, 0.15) is 43.4 Å². The quantitative estimate of drug-likeness (QED) is 0.248. The maximum atomic E-state index is 13.3. The van der Waals surface area contributed by atoms with Gasteiger partial charge in [0.25, 0.3) is 0 Å². The first-order valence-electron chi connectivity index (χ1n) is 11.4. The van der Waals surface area contributed by atoms with E-state index in [1.807, 2.05) is 69.8 Å². The fraction of sp³-hybridized carbons (Fsp3) is 0.360. The van der Waals surface area contributed by atoms with E-state index in [0.717, 1.165) is 46.1 Å². The van der Waals surface area contributed by atoms with Crippen LogP contribution in [-0.4, -0.2) is 41.7 Å². The van der Waals surface area contributed by atoms with Gasteiger partial charge in [0.05, 0.1) is 11.1 Å². The van der Waals surface area contributed by atoms with E-state index in [1.54, 1.807) is 22.7 Å². The zero-order valence-electron chi connectivity index (χ0n) is 20.4. The number of hydrogen-bond donors (Lipinski definition) is 2. The standard InChI is InChI=1S/C25H33N5O2S2/c1-6-12-30(13-7-2)34(31,32)21-10-11-24-22(15-21)20(17-29(24)5)16-26-28-25(33)27-23-14-18(3)8-9-19(23)4/h8-11,14-17H,6-7,12-13H2,1-5H3,(H2,27,28,33). The van der Waals surface area contributed by atoms with Gasteiger partial charge in [-0.2, -0.15) is 9.41 Å². The van der Waals surface area contributed by atoms with Crippen molar-refractivity contribution in [3.8, 4) is 0 Å². The van der Waals surface area contributed by atoms with Gasteiger partial charge in [0.1, 0.15) is 0 Å². The maximum absolute atomic E-state index is 13.3. The van der Waals surface area contributed by atoms with Crippen LogP contribution < -0.4 is 10.7 Å². The lowest BCUT2D eigenvalue weighted by Crippen LogP contribution is -2.32. The molecule has 182 valence electrons. The molecule has 0 radical (unpaired) electrons. The van der Waals surface area contributed by atoms with Gasteiger partial charge in [0.2, 0.25) is 10.0 Å². The molecule has 0 saturated heterocycles. The summed E-state index contributed by atoms with van der Waals surface area (Å²) in [5.74, 6) is 0. The van der Waals surface area contributed by atoms with Gasteiger partial charge in [-0.3, -0.25) is 5.43 Å². The lowest BCUT2D eigenvalue weighted by molar-refractivity contribution is 0.410. The van der Waals surface area contributed by atoms with E-state index in [-0.39, 0.29) is 0 Å². The minimum absolute atomic E-state index is 0.294. The number of hydrazone groups is 1. The first-order chi connectivity index (χ1) is 16.2. The Bertz CT molecular complexity index is 1310. The third kappa shape index (κ3) is 5.84. The summed E-state index contributed by atoms with van der Waals surface area (Å²) in [5.41, 5.74) is 7.72. The number of nitrogens with zero attached hydrogens (tertiary/aromatic N) is 3. The molecule has 3 aromatic rings. The van der Waals surface area contributed by atoms with E-state index in [2.05, 4.69) is 15.8 Å². The molecule has 0 amide bonds. The number of fused-ring (bicyclic) bond motifs is 1. The molecule has 0 bridgehead atoms. The number of anilines is 1. The number of aromatic nitrogens is 1. The normalized spacial score (nSPS) is 12.1. The Labute approximate surface area is 207 Å². The van der Waals surface area contributed by atoms with Gasteiger partial charge >= 0.3 is 0 Å². The van der Waals surface area contributed by atoms with Crippen LogP contribution in [0, 0.1) is 13.8 Å². The maximum Gasteiger partial charge on any atom is 0.243 e. The van der Waals surface area contributed by atoms with Gasteiger partial charge in [-0.25, -0.2) is 8.42 Å². The second-order valence-corrected chi connectivity index (χ2v) is 10.8. The highest BCUT2D eigenvalue weighted by Crippen LogP contribution is 2.25. The highest BCUT2D eigenvalue weighted by molar-refractivity contribution is 7.89. The Hall–Kier alpha value is -2.75. The van der Waals surface area contributed by atoms with Crippen molar-refractivity contribution < 1.29 is 8.42 Å². The predicted molar refractivity (Wildman–Crippen MR) is 145 cm³/mol. The number of benzene rings is 2. The van der Waals surface area contributed by atoms with Crippen LogP contribution in [0.25, 0.3) is 10.9 Å². The average Bonchev–Trinajstić information content (AvgIpc) is 3.11. The zero-order chi connectivity index (χ0) is 24.9. The second-order valence-electron chi connectivity index (χ2n) is 8.42. The van der Waals surface area contributed by atoms with E-state index in [1.165, 1.54) is 0 Å². The molecule has 0 spiro atoms. The van der Waals surface area contributed by atoms with E-state index in [0.29, 0.717) is 23.1 Å². The van der Waals surface area contributed by atoms with Crippen molar-refractivity contribution in [3.63, 3.8) is 0 Å². The molecule has 0 saturated carbocycles. The summed E-state index contributed by atoms with van der Waals surface area (Å²) in [6, 6.07) is 11.4. The summed E-state index contributed by atoms with van der Waals surface area (Å²) in [7, 11) is -1.64. The molecule has 0 aliphatic heterocycles. The molecule has 1 heterocycles. The molecular formula is C25H33N5O2S2. The Morgan fingerprint density at radius 2 is 1.82 bits per heavy atom. The minimum Gasteiger partial charge on any atom is -0.350 e. The molecule has 0 aliphatic rings. The fourth-order valence-corrected chi connectivity index (χ4v) is 5.66. The van der Waals surface area contributed by atoms with Crippen molar-refractivity contribution in [2.24, 2.45) is 12.1 Å². The summed E-state index contributed by atoms with van der Waals surface area (Å²) in [4.78, 5) is 0.294. The van der Waals surface area contributed by atoms with Gasteiger partial charge in [-0.1, -0.05) is 26.0 Å². The Kier molecular flexibility index (Phi) is 8.46. The van der Waals surface area contributed by atoms with Crippen LogP contribution in [0.4, 0.5) is 5.69 Å². The van der Waals surface area contributed by atoms with E-state index < -0.39 is 10.0 Å². The zero-order valence-corrected chi connectivity index (χ0v) is 22.1. The van der Waals surface area contributed by atoms with Crippen LogP contribution in [-0.2, 0) is 17.1 Å². The number of hydrogen-bond acceptors (Lipinski definition) is 4. The van der Waals surface area contributed by atoms with E-state index in [4.69, 9.17) is 12.2 Å². The van der Waals surface area contributed by atoms with Crippen LogP contribution in [0.3, 0.4) is 0 Å². The number of nitrogens with one attached hydrogen (secondary N) is 2. The van der Waals surface area contributed by atoms with Gasteiger partial charge in [0, 0.05) is 48.5 Å². The molecule has 1 aromatic heterocycles. The van der Waals surface area contributed by atoms with Gasteiger partial charge < -0.3 is 9.88 Å². The van der Waals surface area contributed by atoms with Crippen LogP contribution in [0.15, 0.2) is 52.6 Å². The molecule has 34 heavy (non-hydrogen) atoms. The first-order valence-corrected chi connectivity index (χ1v) is 13.3. The van der Waals surface area contributed by atoms with Crippen molar-refractivity contribution >= 4 is 50.2 Å². The highest BCUT2D eigenvalue weighted by atomic mass is 32.2. The van der Waals surface area contributed by atoms with Crippen molar-refractivity contribution in [2.75, 3.05) is 18.4 Å². The molecule has 0 fully saturated rings. The molecule has 3 rings (SSSR count). The molecule has 9 heteroatoms. The summed E-state index contributed by atoms with van der Waals surface area (Å²) in [6.07, 6.45) is 5.12. The number of aryl methyl sites for hydroxylation is 3. The summed E-state index contributed by atoms with van der Waals surface area (Å²) in [5, 5.41) is 8.64. The summed E-state index contributed by atoms with van der Waals surface area (Å²) < 4.78 is 30.0. The second kappa shape index (κ2) is 11.1. The molecule has 2 aromatic carbocycles. The van der Waals surface area contributed by atoms with Gasteiger partial charge in [-0.15, -0.1) is 0 Å². The topological polar surface area (TPSA) is 78.7 Å². The fourth-order valence-electron chi connectivity index (χ4n) is 3.85.